The van der Waals surface area contributed by atoms with Gasteiger partial charge in [0.2, 0.25) is 0 Å². The summed E-state index contributed by atoms with van der Waals surface area (Å²) in [4.78, 5) is 23.9. The van der Waals surface area contributed by atoms with Crippen molar-refractivity contribution in [2.24, 2.45) is 0 Å². The van der Waals surface area contributed by atoms with Crippen LogP contribution in [0.2, 0.25) is 0 Å². The molecule has 0 aliphatic carbocycles. The van der Waals surface area contributed by atoms with E-state index in [0.29, 0.717) is 24.2 Å². The molecule has 30 heavy (non-hydrogen) atoms. The first kappa shape index (κ1) is 23.3. The number of benzene rings is 2. The maximum absolute atomic E-state index is 12.0. The number of carbonyl (C=O) groups is 2. The zero-order chi connectivity index (χ0) is 21.6. The zero-order valence-electron chi connectivity index (χ0n) is 17.4. The lowest BCUT2D eigenvalue weighted by molar-refractivity contribution is 0.0941. The van der Waals surface area contributed by atoms with E-state index in [1.54, 1.807) is 36.4 Å². The number of carbonyl (C=O) groups excluding carboxylic acids is 2. The van der Waals surface area contributed by atoms with Crippen molar-refractivity contribution in [1.82, 2.24) is 10.6 Å². The topological polar surface area (TPSA) is 98.7 Å². The van der Waals surface area contributed by atoms with Gasteiger partial charge in [-0.05, 0) is 37.1 Å². The van der Waals surface area contributed by atoms with Gasteiger partial charge >= 0.3 is 0 Å². The Hall–Kier alpha value is -3.02. The number of hydrogen-bond donors (Lipinski definition) is 4. The molecule has 162 valence electrons. The number of nitrogens with one attached hydrogen (secondary N) is 2. The molecule has 0 aromatic heterocycles. The summed E-state index contributed by atoms with van der Waals surface area (Å²) in [5.74, 6) is -0.453. The van der Waals surface area contributed by atoms with Crippen LogP contribution in [0.1, 0.15) is 72.1 Å². The largest absolute Gasteiger partial charge is 0.507 e. The molecule has 0 spiro atoms. The van der Waals surface area contributed by atoms with Crippen LogP contribution in [0.25, 0.3) is 0 Å². The Bertz CT molecular complexity index is 740. The van der Waals surface area contributed by atoms with Crippen LogP contribution in [0.3, 0.4) is 0 Å². The van der Waals surface area contributed by atoms with Crippen LogP contribution >= 0.6 is 0 Å². The normalized spacial score (nSPS) is 10.5. The number of aromatic hydroxyl groups is 2. The molecule has 0 saturated carbocycles. The van der Waals surface area contributed by atoms with Gasteiger partial charge in [-0.25, -0.2) is 0 Å². The molecule has 0 heterocycles. The Balaban J connectivity index is 1.41. The minimum Gasteiger partial charge on any atom is -0.507 e. The lowest BCUT2D eigenvalue weighted by atomic mass is 10.1. The number of unbranched alkanes of at least 4 members (excludes halogenated alkanes) is 7. The maximum Gasteiger partial charge on any atom is 0.255 e. The van der Waals surface area contributed by atoms with Gasteiger partial charge in [0, 0.05) is 13.1 Å². The summed E-state index contributed by atoms with van der Waals surface area (Å²) < 4.78 is 0. The first-order valence-electron chi connectivity index (χ1n) is 10.7. The van der Waals surface area contributed by atoms with E-state index in [1.165, 1.54) is 12.1 Å². The van der Waals surface area contributed by atoms with Crippen LogP contribution in [-0.2, 0) is 0 Å². The van der Waals surface area contributed by atoms with E-state index in [-0.39, 0.29) is 23.3 Å². The lowest BCUT2D eigenvalue weighted by Crippen LogP contribution is -2.24. The number of hydrogen-bond acceptors (Lipinski definition) is 4. The van der Waals surface area contributed by atoms with Crippen molar-refractivity contribution in [3.63, 3.8) is 0 Å². The smallest absolute Gasteiger partial charge is 0.255 e. The van der Waals surface area contributed by atoms with Gasteiger partial charge in [0.15, 0.2) is 0 Å². The average molecular weight is 413 g/mol. The lowest BCUT2D eigenvalue weighted by Gasteiger charge is -2.07. The standard InChI is InChI=1S/C24H32N2O4/c27-21-15-9-7-13-19(21)23(29)25-17-11-5-3-1-2-4-6-12-18-26-24(30)20-14-8-10-16-22(20)28/h7-10,13-16,27-28H,1-6,11-12,17-18H2,(H,25,29)(H,26,30). The second kappa shape index (κ2) is 13.2. The Kier molecular flexibility index (Phi) is 10.3. The van der Waals surface area contributed by atoms with Crippen molar-refractivity contribution in [2.75, 3.05) is 13.1 Å². The number of para-hydroxylation sites is 2. The minimum absolute atomic E-state index is 0.00720. The van der Waals surface area contributed by atoms with Crippen LogP contribution < -0.4 is 10.6 Å². The van der Waals surface area contributed by atoms with Crippen molar-refractivity contribution >= 4 is 11.8 Å². The van der Waals surface area contributed by atoms with Crippen LogP contribution in [-0.4, -0.2) is 35.1 Å². The first-order chi connectivity index (χ1) is 14.6. The van der Waals surface area contributed by atoms with Gasteiger partial charge in [0.1, 0.15) is 11.5 Å². The molecule has 2 aromatic carbocycles. The summed E-state index contributed by atoms with van der Waals surface area (Å²) in [7, 11) is 0. The van der Waals surface area contributed by atoms with Crippen molar-refractivity contribution in [3.05, 3.63) is 59.7 Å². The van der Waals surface area contributed by atoms with Gasteiger partial charge in [-0.15, -0.1) is 0 Å². The van der Waals surface area contributed by atoms with E-state index in [1.807, 2.05) is 0 Å². The Morgan fingerprint density at radius 1 is 0.567 bits per heavy atom. The number of phenolic OH excluding ortho intramolecular Hbond substituents is 2. The number of phenols is 2. The second-order valence-corrected chi connectivity index (χ2v) is 7.37. The summed E-state index contributed by atoms with van der Waals surface area (Å²) in [6.07, 6.45) is 8.59. The second-order valence-electron chi connectivity index (χ2n) is 7.37. The van der Waals surface area contributed by atoms with E-state index >= 15 is 0 Å². The van der Waals surface area contributed by atoms with Gasteiger partial charge in [0.05, 0.1) is 11.1 Å². The number of amides is 2. The van der Waals surface area contributed by atoms with Gasteiger partial charge in [-0.2, -0.15) is 0 Å². The highest BCUT2D eigenvalue weighted by Crippen LogP contribution is 2.16. The minimum atomic E-state index is -0.234. The predicted octanol–water partition coefficient (Wildman–Crippen LogP) is 4.38. The van der Waals surface area contributed by atoms with Crippen molar-refractivity contribution in [2.45, 2.75) is 51.4 Å². The molecule has 0 radical (unpaired) electrons. The predicted molar refractivity (Wildman–Crippen MR) is 118 cm³/mol. The van der Waals surface area contributed by atoms with E-state index < -0.39 is 0 Å². The molecule has 0 bridgehead atoms. The third-order valence-corrected chi connectivity index (χ3v) is 4.97. The zero-order valence-corrected chi connectivity index (χ0v) is 17.4. The molecule has 0 saturated heterocycles. The molecule has 0 fully saturated rings. The van der Waals surface area contributed by atoms with Gasteiger partial charge in [-0.1, -0.05) is 62.8 Å². The molecule has 0 aliphatic rings. The highest BCUT2D eigenvalue weighted by Gasteiger charge is 2.09. The van der Waals surface area contributed by atoms with Crippen LogP contribution in [0.5, 0.6) is 11.5 Å². The van der Waals surface area contributed by atoms with E-state index in [2.05, 4.69) is 10.6 Å². The third-order valence-electron chi connectivity index (χ3n) is 4.97. The van der Waals surface area contributed by atoms with E-state index in [0.717, 1.165) is 51.4 Å². The fourth-order valence-electron chi connectivity index (χ4n) is 3.24. The summed E-state index contributed by atoms with van der Waals surface area (Å²) in [6, 6.07) is 13.1. The molecule has 0 unspecified atom stereocenters. The van der Waals surface area contributed by atoms with Gasteiger partial charge in [-0.3, -0.25) is 9.59 Å². The summed E-state index contributed by atoms with van der Waals surface area (Å²) >= 11 is 0. The monoisotopic (exact) mass is 412 g/mol. The van der Waals surface area contributed by atoms with E-state index in [4.69, 9.17) is 0 Å². The Labute approximate surface area is 178 Å². The highest BCUT2D eigenvalue weighted by molar-refractivity contribution is 5.97. The van der Waals surface area contributed by atoms with Crippen molar-refractivity contribution < 1.29 is 19.8 Å². The fraction of sp³-hybridized carbons (Fsp3) is 0.417. The summed E-state index contributed by atoms with van der Waals surface area (Å²) in [5.41, 5.74) is 0.628. The number of rotatable bonds is 13. The van der Waals surface area contributed by atoms with Gasteiger partial charge < -0.3 is 20.8 Å². The molecule has 6 heteroatoms. The SMILES string of the molecule is O=C(NCCCCCCCCCCNC(=O)c1ccccc1O)c1ccccc1O. The summed E-state index contributed by atoms with van der Waals surface area (Å²) in [5, 5.41) is 25.0. The van der Waals surface area contributed by atoms with Gasteiger partial charge in [0.25, 0.3) is 11.8 Å². The molecule has 2 aromatic rings. The van der Waals surface area contributed by atoms with E-state index in [9.17, 15) is 19.8 Å². The molecule has 6 nitrogen and oxygen atoms in total. The molecule has 0 atom stereocenters. The highest BCUT2D eigenvalue weighted by atomic mass is 16.3. The molecule has 2 amide bonds. The molecular weight excluding hydrogens is 380 g/mol. The average Bonchev–Trinajstić information content (AvgIpc) is 2.74. The Morgan fingerprint density at radius 3 is 1.27 bits per heavy atom. The molecule has 0 aliphatic heterocycles. The van der Waals surface area contributed by atoms with Crippen molar-refractivity contribution in [1.29, 1.82) is 0 Å². The molecular formula is C24H32N2O4. The van der Waals surface area contributed by atoms with Crippen LogP contribution in [0.15, 0.2) is 48.5 Å². The Morgan fingerprint density at radius 2 is 0.900 bits per heavy atom. The third kappa shape index (κ3) is 8.15. The fourth-order valence-corrected chi connectivity index (χ4v) is 3.24. The molecule has 2 rings (SSSR count). The summed E-state index contributed by atoms with van der Waals surface area (Å²) in [6.45, 7) is 1.23. The molecule has 4 N–H and O–H groups in total. The van der Waals surface area contributed by atoms with Crippen LogP contribution in [0, 0.1) is 0 Å². The maximum atomic E-state index is 12.0. The van der Waals surface area contributed by atoms with Crippen LogP contribution in [0.4, 0.5) is 0 Å². The first-order valence-corrected chi connectivity index (χ1v) is 10.7. The quantitative estimate of drug-likeness (QED) is 0.367. The van der Waals surface area contributed by atoms with Crippen molar-refractivity contribution in [3.8, 4) is 11.5 Å².